The van der Waals surface area contributed by atoms with Crippen LogP contribution in [0.2, 0.25) is 0 Å². The van der Waals surface area contributed by atoms with Gasteiger partial charge in [0.15, 0.2) is 0 Å². The van der Waals surface area contributed by atoms with Crippen molar-refractivity contribution >= 4 is 11.8 Å². The van der Waals surface area contributed by atoms with Crippen molar-refractivity contribution in [2.24, 2.45) is 0 Å². The molecule has 0 amide bonds. The fraction of sp³-hybridized carbons (Fsp3) is 0.625. The van der Waals surface area contributed by atoms with Gasteiger partial charge < -0.3 is 4.74 Å². The molecule has 0 atom stereocenters. The minimum atomic E-state index is -4.73. The molecule has 1 aromatic carbocycles. The summed E-state index contributed by atoms with van der Waals surface area (Å²) in [5.41, 5.74) is -1.20. The highest BCUT2D eigenvalue weighted by Crippen LogP contribution is 2.38. The van der Waals surface area contributed by atoms with Crippen LogP contribution < -0.4 is 4.74 Å². The topological polar surface area (TPSA) is 45.9 Å². The molecular formula is C32H43F5N2OS. The number of rotatable bonds is 21. The Kier molecular flexibility index (Phi) is 16.8. The van der Waals surface area contributed by atoms with Crippen molar-refractivity contribution in [3.63, 3.8) is 0 Å². The van der Waals surface area contributed by atoms with Gasteiger partial charge in [-0.1, -0.05) is 103 Å². The number of hydrogen-bond donors (Lipinski definition) is 0. The molecule has 0 saturated carbocycles. The summed E-state index contributed by atoms with van der Waals surface area (Å²) in [4.78, 5) is 4.34. The average molecular weight is 599 g/mol. The summed E-state index contributed by atoms with van der Waals surface area (Å²) >= 11 is 1.15. The smallest absolute Gasteiger partial charge is 0.417 e. The van der Waals surface area contributed by atoms with E-state index in [-0.39, 0.29) is 16.5 Å². The van der Waals surface area contributed by atoms with Gasteiger partial charge in [-0.3, -0.25) is 0 Å². The second-order valence-electron chi connectivity index (χ2n) is 10.4. The van der Waals surface area contributed by atoms with Crippen molar-refractivity contribution < 1.29 is 26.7 Å². The van der Waals surface area contributed by atoms with Crippen LogP contribution in [0.5, 0.6) is 5.75 Å². The number of hydrogen-bond acceptors (Lipinski definition) is 4. The third-order valence-corrected chi connectivity index (χ3v) is 8.08. The third-order valence-electron chi connectivity index (χ3n) is 7.02. The van der Waals surface area contributed by atoms with Crippen LogP contribution in [0.1, 0.15) is 121 Å². The SMILES string of the molecule is CCCCCCCCCCCCCCCCCCSc1nc(-c2ccc(OC(F)F)cc2)cc(C(F)(F)F)c1C#N. The van der Waals surface area contributed by atoms with E-state index in [0.717, 1.165) is 43.5 Å². The van der Waals surface area contributed by atoms with Gasteiger partial charge in [-0.05, 0) is 42.5 Å². The Balaban J connectivity index is 1.75. The van der Waals surface area contributed by atoms with Crippen LogP contribution in [0.3, 0.4) is 0 Å². The zero-order valence-corrected chi connectivity index (χ0v) is 24.9. The third kappa shape index (κ3) is 13.9. The molecule has 0 saturated heterocycles. The predicted molar refractivity (Wildman–Crippen MR) is 156 cm³/mol. The van der Waals surface area contributed by atoms with Crippen molar-refractivity contribution in [3.05, 3.63) is 41.5 Å². The van der Waals surface area contributed by atoms with Gasteiger partial charge in [-0.2, -0.15) is 27.2 Å². The first-order chi connectivity index (χ1) is 19.8. The molecule has 2 aromatic rings. The normalized spacial score (nSPS) is 11.7. The highest BCUT2D eigenvalue weighted by atomic mass is 32.2. The summed E-state index contributed by atoms with van der Waals surface area (Å²) in [7, 11) is 0. The largest absolute Gasteiger partial charge is 0.435 e. The number of nitrogens with zero attached hydrogens (tertiary/aromatic N) is 2. The van der Waals surface area contributed by atoms with Gasteiger partial charge >= 0.3 is 12.8 Å². The van der Waals surface area contributed by atoms with Gasteiger partial charge in [0, 0.05) is 5.56 Å². The number of benzene rings is 1. The second-order valence-corrected chi connectivity index (χ2v) is 11.5. The number of nitriles is 1. The van der Waals surface area contributed by atoms with E-state index in [1.165, 1.54) is 101 Å². The first kappa shape index (κ1) is 34.9. The van der Waals surface area contributed by atoms with E-state index in [1.54, 1.807) is 6.07 Å². The zero-order chi connectivity index (χ0) is 29.9. The number of unbranched alkanes of at least 4 members (excludes halogenated alkanes) is 15. The van der Waals surface area contributed by atoms with E-state index in [1.807, 2.05) is 0 Å². The summed E-state index contributed by atoms with van der Waals surface area (Å²) in [6.07, 6.45) is 15.2. The van der Waals surface area contributed by atoms with E-state index in [0.29, 0.717) is 11.3 Å². The number of pyridine rings is 1. The Labute approximate surface area is 246 Å². The van der Waals surface area contributed by atoms with Crippen LogP contribution in [0.25, 0.3) is 11.3 Å². The quantitative estimate of drug-likeness (QED) is 0.0814. The minimum Gasteiger partial charge on any atom is -0.435 e. The summed E-state index contributed by atoms with van der Waals surface area (Å²) in [6.45, 7) is -0.758. The van der Waals surface area contributed by atoms with Crippen LogP contribution in [-0.2, 0) is 6.18 Å². The summed E-state index contributed by atoms with van der Waals surface area (Å²) in [5, 5.41) is 9.53. The monoisotopic (exact) mass is 598 g/mol. The molecule has 0 radical (unpaired) electrons. The standard InChI is InChI=1S/C32H43F5N2OS/c1-2-3-4-5-6-7-8-9-10-11-12-13-14-15-16-17-22-41-30-27(24-38)28(32(35,36)37)23-29(39-30)25-18-20-26(21-19-25)40-31(33)34/h18-21,23,31H,2-17,22H2,1H3. The van der Waals surface area contributed by atoms with Gasteiger partial charge in [-0.25, -0.2) is 4.98 Å². The molecule has 0 spiro atoms. The average Bonchev–Trinajstić information content (AvgIpc) is 2.94. The summed E-state index contributed by atoms with van der Waals surface area (Å²) in [6, 6.07) is 7.75. The lowest BCUT2D eigenvalue weighted by atomic mass is 10.0. The maximum Gasteiger partial charge on any atom is 0.417 e. The van der Waals surface area contributed by atoms with Crippen LogP contribution in [0, 0.1) is 11.3 Å². The van der Waals surface area contributed by atoms with Crippen molar-refractivity contribution in [1.82, 2.24) is 4.98 Å². The van der Waals surface area contributed by atoms with Crippen LogP contribution >= 0.6 is 11.8 Å². The van der Waals surface area contributed by atoms with E-state index in [2.05, 4.69) is 16.6 Å². The second kappa shape index (κ2) is 19.7. The zero-order valence-electron chi connectivity index (χ0n) is 24.1. The molecule has 0 aliphatic heterocycles. The first-order valence-electron chi connectivity index (χ1n) is 15.0. The Hall–Kier alpha value is -2.34. The predicted octanol–water partition coefficient (Wildman–Crippen LogP) is 11.6. The molecular weight excluding hydrogens is 555 g/mol. The molecule has 9 heteroatoms. The van der Waals surface area contributed by atoms with Crippen molar-refractivity contribution in [1.29, 1.82) is 5.26 Å². The maximum atomic E-state index is 13.8. The summed E-state index contributed by atoms with van der Waals surface area (Å²) in [5.74, 6) is 0.453. The molecule has 0 N–H and O–H groups in total. The summed E-state index contributed by atoms with van der Waals surface area (Å²) < 4.78 is 70.5. The van der Waals surface area contributed by atoms with Crippen LogP contribution in [-0.4, -0.2) is 17.3 Å². The van der Waals surface area contributed by atoms with E-state index in [9.17, 15) is 27.2 Å². The molecule has 1 aromatic heterocycles. The Morgan fingerprint density at radius 2 is 1.29 bits per heavy atom. The molecule has 41 heavy (non-hydrogen) atoms. The fourth-order valence-corrected chi connectivity index (χ4v) is 5.74. The lowest BCUT2D eigenvalue weighted by molar-refractivity contribution is -0.138. The van der Waals surface area contributed by atoms with E-state index in [4.69, 9.17) is 0 Å². The molecule has 0 bridgehead atoms. The molecule has 0 unspecified atom stereocenters. The van der Waals surface area contributed by atoms with Gasteiger partial charge in [0.2, 0.25) is 0 Å². The van der Waals surface area contributed by atoms with E-state index >= 15 is 0 Å². The van der Waals surface area contributed by atoms with Gasteiger partial charge in [0.05, 0.1) is 16.8 Å². The number of halogens is 5. The first-order valence-corrected chi connectivity index (χ1v) is 15.9. The van der Waals surface area contributed by atoms with Crippen LogP contribution in [0.4, 0.5) is 22.0 Å². The van der Waals surface area contributed by atoms with Crippen molar-refractivity contribution in [2.45, 2.75) is 127 Å². The van der Waals surface area contributed by atoms with Gasteiger partial charge in [-0.15, -0.1) is 11.8 Å². The molecule has 0 fully saturated rings. The molecule has 3 nitrogen and oxygen atoms in total. The number of ether oxygens (including phenoxy) is 1. The Morgan fingerprint density at radius 1 is 0.805 bits per heavy atom. The van der Waals surface area contributed by atoms with Gasteiger partial charge in [0.25, 0.3) is 0 Å². The molecule has 2 rings (SSSR count). The molecule has 228 valence electrons. The highest BCUT2D eigenvalue weighted by Gasteiger charge is 2.36. The lowest BCUT2D eigenvalue weighted by Crippen LogP contribution is -2.10. The van der Waals surface area contributed by atoms with Crippen molar-refractivity contribution in [2.75, 3.05) is 5.75 Å². The fourth-order valence-electron chi connectivity index (χ4n) is 4.73. The number of aromatic nitrogens is 1. The maximum absolute atomic E-state index is 13.8. The Bertz CT molecular complexity index is 1040. The number of alkyl halides is 5. The molecule has 0 aliphatic carbocycles. The van der Waals surface area contributed by atoms with Crippen molar-refractivity contribution in [3.8, 4) is 23.1 Å². The lowest BCUT2D eigenvalue weighted by Gasteiger charge is -2.14. The van der Waals surface area contributed by atoms with E-state index < -0.39 is 23.9 Å². The molecule has 1 heterocycles. The highest BCUT2D eigenvalue weighted by molar-refractivity contribution is 7.99. The Morgan fingerprint density at radius 3 is 1.73 bits per heavy atom. The van der Waals surface area contributed by atoms with Crippen LogP contribution in [0.15, 0.2) is 35.4 Å². The number of thioether (sulfide) groups is 1. The molecule has 0 aliphatic rings. The minimum absolute atomic E-state index is 0.0226. The van der Waals surface area contributed by atoms with Gasteiger partial charge in [0.1, 0.15) is 16.8 Å².